The maximum absolute atomic E-state index is 13.4. The van der Waals surface area contributed by atoms with E-state index in [2.05, 4.69) is 31.1 Å². The van der Waals surface area contributed by atoms with Crippen LogP contribution in [-0.2, 0) is 33.1 Å². The minimum atomic E-state index is -4.87. The summed E-state index contributed by atoms with van der Waals surface area (Å²) < 4.78 is 78.0. The topological polar surface area (TPSA) is 281 Å². The van der Waals surface area contributed by atoms with Gasteiger partial charge in [-0.1, -0.05) is 91.3 Å². The van der Waals surface area contributed by atoms with Crippen molar-refractivity contribution >= 4 is 160 Å². The molecule has 380 valence electrons. The summed E-state index contributed by atoms with van der Waals surface area (Å²) >= 11 is 12.0. The number of nitrogens with zero attached hydrogens (tertiary/aromatic N) is 4. The van der Waals surface area contributed by atoms with Crippen LogP contribution in [0.5, 0.6) is 23.0 Å². The number of azo groups is 2. The number of rotatable bonds is 14. The van der Waals surface area contributed by atoms with Crippen LogP contribution in [0.25, 0.3) is 21.5 Å². The Balaban J connectivity index is 0.000000241. The number of hydrogen-bond donors (Lipinski definition) is 4. The number of amides is 2. The van der Waals surface area contributed by atoms with Gasteiger partial charge in [0, 0.05) is 27.7 Å². The second kappa shape index (κ2) is 25.0. The van der Waals surface area contributed by atoms with Gasteiger partial charge in [-0.15, -0.1) is 5.11 Å². The van der Waals surface area contributed by atoms with Crippen molar-refractivity contribution in [1.82, 2.24) is 0 Å². The summed E-state index contributed by atoms with van der Waals surface area (Å²) in [4.78, 5) is 24.9. The summed E-state index contributed by atoms with van der Waals surface area (Å²) in [5.41, 5.74) is 1.96. The predicted octanol–water partition coefficient (Wildman–Crippen LogP) is 12.0. The summed E-state index contributed by atoms with van der Waals surface area (Å²) in [5, 5.41) is 48.2. The smallest absolute Gasteiger partial charge is 0.870 e. The summed E-state index contributed by atoms with van der Waals surface area (Å²) in [5.74, 6) is -1.05. The Labute approximate surface area is 481 Å². The number of nitrogens with one attached hydrogen (secondary N) is 2. The number of carbonyl (C=O) groups is 2. The molecule has 0 aromatic heterocycles. The number of aryl methyl sites for hydroxylation is 2. The van der Waals surface area contributed by atoms with Gasteiger partial charge < -0.3 is 34.9 Å². The zero-order chi connectivity index (χ0) is 53.5. The number of phenolic OH excluding ortho intramolecular Hbond substituents is 1. The van der Waals surface area contributed by atoms with Crippen molar-refractivity contribution in [2.24, 2.45) is 20.5 Å². The first-order valence-electron chi connectivity index (χ1n) is 22.0. The number of aromatic hydroxyl groups is 1. The number of ether oxygens (including phenoxy) is 2. The van der Waals surface area contributed by atoms with Gasteiger partial charge in [-0.05, 0) is 120 Å². The third-order valence-electron chi connectivity index (χ3n) is 11.2. The van der Waals surface area contributed by atoms with Gasteiger partial charge in [0.1, 0.15) is 32.2 Å². The van der Waals surface area contributed by atoms with E-state index in [4.69, 9.17) is 32.7 Å². The van der Waals surface area contributed by atoms with Gasteiger partial charge in [-0.25, -0.2) is 8.42 Å². The fourth-order valence-corrected chi connectivity index (χ4v) is 9.50. The molecule has 23 heteroatoms. The van der Waals surface area contributed by atoms with Crippen LogP contribution >= 0.6 is 23.2 Å². The Morgan fingerprint density at radius 3 is 1.47 bits per heavy atom. The van der Waals surface area contributed by atoms with Crippen LogP contribution in [0, 0.1) is 0 Å². The zero-order valence-corrected chi connectivity index (χ0v) is 47.7. The van der Waals surface area contributed by atoms with Crippen molar-refractivity contribution in [2.75, 3.05) is 24.9 Å². The summed E-state index contributed by atoms with van der Waals surface area (Å²) in [6.07, 6.45) is 0.847. The van der Waals surface area contributed by atoms with Crippen molar-refractivity contribution in [3.05, 3.63) is 166 Å². The number of carbonyl (C=O) groups excluding carboxylic acids is 2. The molecule has 0 bridgehead atoms. The maximum atomic E-state index is 13.4. The Morgan fingerprint density at radius 1 is 0.600 bits per heavy atom. The Bertz CT molecular complexity index is 3530. The molecule has 75 heavy (non-hydrogen) atoms. The summed E-state index contributed by atoms with van der Waals surface area (Å²) in [6, 6.07) is 35.0. The van der Waals surface area contributed by atoms with Crippen molar-refractivity contribution in [3.63, 3.8) is 0 Å². The van der Waals surface area contributed by atoms with Gasteiger partial charge in [0.05, 0.1) is 51.8 Å². The second-order valence-corrected chi connectivity index (χ2v) is 19.4. The average Bonchev–Trinajstić information content (AvgIpc) is 3.38. The minimum Gasteiger partial charge on any atom is -0.870 e. The third kappa shape index (κ3) is 13.7. The molecule has 0 aliphatic heterocycles. The van der Waals surface area contributed by atoms with E-state index in [1.165, 1.54) is 32.4 Å². The van der Waals surface area contributed by atoms with Gasteiger partial charge in [-0.2, -0.15) is 23.8 Å². The van der Waals surface area contributed by atoms with E-state index in [-0.39, 0.29) is 92.8 Å². The van der Waals surface area contributed by atoms with Crippen molar-refractivity contribution in [3.8, 4) is 23.0 Å². The molecule has 0 radical (unpaired) electrons. The molecule has 0 saturated heterocycles. The number of phenols is 1. The number of hydrogen-bond acceptors (Lipinski definition) is 15. The molecule has 0 unspecified atom stereocenters. The molecule has 0 saturated carbocycles. The number of anilines is 2. The fraction of sp³-hybridized carbons (Fsp3) is 0.115. The standard InChI is InChI=1S/2C26H22ClN3O6S.Ba/c2*1-3-15-13-21(27)23(37(33,34)35)14-22(15)29-30-24-19-7-5-4-6-16(19)12-20(25(24)31)26(32)28-17-8-10-18(36-2)11-9-17;/h2*4-14,31H,3H2,1-2H3,(H,28,32)(H,33,34,35);/q;;+2/p-2. The van der Waals surface area contributed by atoms with Crippen LogP contribution in [-0.4, -0.2) is 106 Å². The molecule has 8 aromatic carbocycles. The number of halogens is 2. The van der Waals surface area contributed by atoms with Crippen LogP contribution in [0.3, 0.4) is 0 Å². The molecule has 0 spiro atoms. The van der Waals surface area contributed by atoms with E-state index >= 15 is 0 Å². The molecule has 0 fully saturated rings. The minimum absolute atomic E-state index is 0. The van der Waals surface area contributed by atoms with Gasteiger partial charge in [-0.3, -0.25) is 14.1 Å². The van der Waals surface area contributed by atoms with Crippen molar-refractivity contribution in [1.29, 1.82) is 0 Å². The fourth-order valence-electron chi connectivity index (χ4n) is 7.43. The molecule has 0 aliphatic rings. The first-order valence-corrected chi connectivity index (χ1v) is 25.6. The number of methoxy groups -OCH3 is 2. The summed E-state index contributed by atoms with van der Waals surface area (Å²) in [7, 11) is -6.41. The van der Waals surface area contributed by atoms with Gasteiger partial charge in [0.25, 0.3) is 21.9 Å². The molecular formula is C52H42BaCl2N6O12S2. The molecule has 0 heterocycles. The molecular weight excluding hydrogens is 1170 g/mol. The van der Waals surface area contributed by atoms with E-state index in [0.717, 1.165) is 12.1 Å². The average molecular weight is 1220 g/mol. The van der Waals surface area contributed by atoms with Gasteiger partial charge in [0.15, 0.2) is 5.75 Å². The van der Waals surface area contributed by atoms with Crippen LogP contribution in [0.2, 0.25) is 10.0 Å². The van der Waals surface area contributed by atoms with Crippen LogP contribution in [0.15, 0.2) is 164 Å². The first-order chi connectivity index (χ1) is 35.2. The largest absolute Gasteiger partial charge is 2.00 e. The predicted molar refractivity (Wildman–Crippen MR) is 284 cm³/mol. The van der Waals surface area contributed by atoms with Gasteiger partial charge in [0.2, 0.25) is 0 Å². The van der Waals surface area contributed by atoms with Gasteiger partial charge >= 0.3 is 48.9 Å². The van der Waals surface area contributed by atoms with E-state index in [1.807, 2.05) is 6.92 Å². The molecule has 8 aromatic rings. The third-order valence-corrected chi connectivity index (χ3v) is 13.9. The van der Waals surface area contributed by atoms with Crippen molar-refractivity contribution in [2.45, 2.75) is 36.5 Å². The number of benzene rings is 8. The molecule has 8 rings (SSSR count). The Kier molecular flexibility index (Phi) is 19.3. The van der Waals surface area contributed by atoms with Crippen LogP contribution in [0.1, 0.15) is 45.7 Å². The molecule has 0 aliphatic carbocycles. The quantitative estimate of drug-likeness (QED) is 0.0449. The van der Waals surface area contributed by atoms with Crippen molar-refractivity contribution < 1.29 is 55.2 Å². The molecule has 4 N–H and O–H groups in total. The maximum Gasteiger partial charge on any atom is 2.00 e. The Hall–Kier alpha value is -6.41. The normalized spacial score (nSPS) is 11.5. The van der Waals surface area contributed by atoms with Crippen LogP contribution < -0.4 is 25.2 Å². The zero-order valence-electron chi connectivity index (χ0n) is 40.2. The molecule has 2 amide bonds. The molecule has 0 atom stereocenters. The monoisotopic (exact) mass is 1210 g/mol. The molecule has 18 nitrogen and oxygen atoms in total. The van der Waals surface area contributed by atoms with E-state index < -0.39 is 53.3 Å². The van der Waals surface area contributed by atoms with Crippen LogP contribution in [0.4, 0.5) is 34.1 Å². The SMILES string of the molecule is CCc1cc(Cl)c(S(=O)(=O)O)cc1N=Nc1c(O)c(C(=O)Nc2ccc(OC)cc2)cc2ccccc12.CCc1cc(Cl)c(S(=O)(=O)[O-])cc1N=Nc1c([O-])c(C(=O)Nc2ccc(OC)cc2)cc2ccccc12.[Ba+2]. The van der Waals surface area contributed by atoms with E-state index in [0.29, 0.717) is 68.4 Å². The summed E-state index contributed by atoms with van der Waals surface area (Å²) in [6.45, 7) is 3.60. The van der Waals surface area contributed by atoms with E-state index in [9.17, 15) is 45.7 Å². The van der Waals surface area contributed by atoms with E-state index in [1.54, 1.807) is 110 Å². The first kappa shape index (κ1) is 57.9. The Morgan fingerprint density at radius 2 is 1.01 bits per heavy atom. The second-order valence-electron chi connectivity index (χ2n) is 15.9. The number of fused-ring (bicyclic) bond motifs is 2.